The molecule has 0 amide bonds. The van der Waals surface area contributed by atoms with Crippen molar-refractivity contribution in [2.24, 2.45) is 0 Å². The number of fused-ring (bicyclic) bond motifs is 1. The van der Waals surface area contributed by atoms with Gasteiger partial charge in [0.2, 0.25) is 0 Å². The summed E-state index contributed by atoms with van der Waals surface area (Å²) < 4.78 is 49.3. The number of alkyl halides is 3. The summed E-state index contributed by atoms with van der Waals surface area (Å²) in [5.41, 5.74) is 0.577. The van der Waals surface area contributed by atoms with E-state index in [0.29, 0.717) is 5.52 Å². The monoisotopic (exact) mass is 217 g/mol. The Morgan fingerprint density at radius 3 is 2.60 bits per heavy atom. The summed E-state index contributed by atoms with van der Waals surface area (Å²) in [5.74, 6) is -0.537. The molecule has 5 heteroatoms. The fourth-order valence-electron chi connectivity index (χ4n) is 1.51. The van der Waals surface area contributed by atoms with Crippen LogP contribution in [0.4, 0.5) is 17.6 Å². The molecule has 2 aromatic rings. The number of nitrogens with one attached hydrogen (secondary N) is 1. The van der Waals surface area contributed by atoms with Gasteiger partial charge in [0, 0.05) is 17.1 Å². The van der Waals surface area contributed by atoms with Crippen molar-refractivity contribution in [2.45, 2.75) is 12.6 Å². The zero-order valence-corrected chi connectivity index (χ0v) is 7.53. The number of hydrogen-bond donors (Lipinski definition) is 1. The highest BCUT2D eigenvalue weighted by Crippen LogP contribution is 2.27. The number of aromatic amines is 1. The van der Waals surface area contributed by atoms with E-state index < -0.39 is 18.4 Å². The highest BCUT2D eigenvalue weighted by molar-refractivity contribution is 5.83. The first-order valence-electron chi connectivity index (χ1n) is 4.28. The van der Waals surface area contributed by atoms with E-state index in [1.54, 1.807) is 0 Å². The molecule has 1 aromatic heterocycles. The third-order valence-electron chi connectivity index (χ3n) is 2.12. The maximum absolute atomic E-state index is 12.8. The molecule has 0 aliphatic rings. The number of benzene rings is 1. The molecule has 1 heterocycles. The van der Waals surface area contributed by atoms with Gasteiger partial charge >= 0.3 is 6.18 Å². The lowest BCUT2D eigenvalue weighted by atomic mass is 10.1. The van der Waals surface area contributed by atoms with E-state index in [-0.39, 0.29) is 10.9 Å². The summed E-state index contributed by atoms with van der Waals surface area (Å²) >= 11 is 0. The van der Waals surface area contributed by atoms with Crippen LogP contribution in [0.15, 0.2) is 24.4 Å². The van der Waals surface area contributed by atoms with Gasteiger partial charge in [0.1, 0.15) is 5.82 Å². The number of H-pyrrole nitrogens is 1. The summed E-state index contributed by atoms with van der Waals surface area (Å²) in [6.45, 7) is 0. The van der Waals surface area contributed by atoms with Crippen molar-refractivity contribution < 1.29 is 17.6 Å². The highest BCUT2D eigenvalue weighted by atomic mass is 19.4. The largest absolute Gasteiger partial charge is 0.393 e. The van der Waals surface area contributed by atoms with Crippen molar-refractivity contribution >= 4 is 10.9 Å². The molecule has 0 unspecified atom stereocenters. The summed E-state index contributed by atoms with van der Waals surface area (Å²) in [6, 6.07) is 3.73. The Kier molecular flexibility index (Phi) is 2.17. The Morgan fingerprint density at radius 2 is 1.93 bits per heavy atom. The van der Waals surface area contributed by atoms with Crippen molar-refractivity contribution in [2.75, 3.05) is 0 Å². The first-order chi connectivity index (χ1) is 6.96. The van der Waals surface area contributed by atoms with Gasteiger partial charge in [-0.25, -0.2) is 4.39 Å². The molecule has 2 rings (SSSR count). The van der Waals surface area contributed by atoms with E-state index in [4.69, 9.17) is 0 Å². The molecule has 80 valence electrons. The first kappa shape index (κ1) is 10.0. The average Bonchev–Trinajstić information content (AvgIpc) is 2.46. The zero-order chi connectivity index (χ0) is 11.1. The molecule has 0 aliphatic heterocycles. The maximum atomic E-state index is 12.8. The Morgan fingerprint density at radius 1 is 1.20 bits per heavy atom. The second-order valence-electron chi connectivity index (χ2n) is 3.30. The third-order valence-corrected chi connectivity index (χ3v) is 2.12. The first-order valence-corrected chi connectivity index (χ1v) is 4.28. The molecule has 1 N–H and O–H groups in total. The van der Waals surface area contributed by atoms with E-state index in [1.165, 1.54) is 18.3 Å². The molecule has 0 atom stereocenters. The van der Waals surface area contributed by atoms with Gasteiger partial charge in [-0.3, -0.25) is 0 Å². The van der Waals surface area contributed by atoms with Crippen LogP contribution in [0.25, 0.3) is 10.9 Å². The Bertz CT molecular complexity index is 484. The van der Waals surface area contributed by atoms with Gasteiger partial charge in [-0.05, 0) is 23.8 Å². The quantitative estimate of drug-likeness (QED) is 0.704. The van der Waals surface area contributed by atoms with Gasteiger partial charge in [-0.2, -0.15) is 13.2 Å². The van der Waals surface area contributed by atoms with Gasteiger partial charge in [0.15, 0.2) is 0 Å². The minimum atomic E-state index is -4.28. The predicted molar refractivity (Wildman–Crippen MR) is 48.0 cm³/mol. The summed E-state index contributed by atoms with van der Waals surface area (Å²) in [7, 11) is 0. The number of halogens is 4. The molecule has 15 heavy (non-hydrogen) atoms. The van der Waals surface area contributed by atoms with Crippen LogP contribution in [0.5, 0.6) is 0 Å². The smallest absolute Gasteiger partial charge is 0.361 e. The van der Waals surface area contributed by atoms with Crippen molar-refractivity contribution in [3.05, 3.63) is 35.8 Å². The van der Waals surface area contributed by atoms with E-state index in [9.17, 15) is 17.6 Å². The SMILES string of the molecule is Fc1ccc2[nH]cc(CC(F)(F)F)c2c1. The van der Waals surface area contributed by atoms with E-state index in [0.717, 1.165) is 6.07 Å². The van der Waals surface area contributed by atoms with Crippen LogP contribution >= 0.6 is 0 Å². The molecule has 0 saturated carbocycles. The molecule has 0 fully saturated rings. The van der Waals surface area contributed by atoms with E-state index >= 15 is 0 Å². The van der Waals surface area contributed by atoms with Gasteiger partial charge in [0.05, 0.1) is 6.42 Å². The molecule has 0 saturated heterocycles. The van der Waals surface area contributed by atoms with Crippen LogP contribution in [0, 0.1) is 5.82 Å². The molecule has 0 bridgehead atoms. The van der Waals surface area contributed by atoms with Crippen LogP contribution in [0.1, 0.15) is 5.56 Å². The molecule has 0 spiro atoms. The van der Waals surface area contributed by atoms with Gasteiger partial charge < -0.3 is 4.98 Å². The lowest BCUT2D eigenvalue weighted by molar-refractivity contribution is -0.127. The Hall–Kier alpha value is -1.52. The van der Waals surface area contributed by atoms with Gasteiger partial charge in [0.25, 0.3) is 0 Å². The Balaban J connectivity index is 2.48. The van der Waals surface area contributed by atoms with E-state index in [2.05, 4.69) is 4.98 Å². The number of aromatic nitrogens is 1. The normalized spacial score (nSPS) is 12.3. The third kappa shape index (κ3) is 2.11. The lowest BCUT2D eigenvalue weighted by Crippen LogP contribution is -2.10. The molecule has 0 aliphatic carbocycles. The van der Waals surface area contributed by atoms with Crippen LogP contribution in [-0.2, 0) is 6.42 Å². The average molecular weight is 217 g/mol. The molecule has 1 nitrogen and oxygen atoms in total. The second-order valence-corrected chi connectivity index (χ2v) is 3.30. The van der Waals surface area contributed by atoms with Crippen LogP contribution in [-0.4, -0.2) is 11.2 Å². The minimum Gasteiger partial charge on any atom is -0.361 e. The molecular weight excluding hydrogens is 210 g/mol. The summed E-state index contributed by atoms with van der Waals surface area (Å²) in [4.78, 5) is 2.67. The van der Waals surface area contributed by atoms with E-state index in [1.807, 2.05) is 0 Å². The highest BCUT2D eigenvalue weighted by Gasteiger charge is 2.28. The van der Waals surface area contributed by atoms with Crippen molar-refractivity contribution in [1.29, 1.82) is 0 Å². The predicted octanol–water partition coefficient (Wildman–Crippen LogP) is 3.41. The van der Waals surface area contributed by atoms with Gasteiger partial charge in [-0.15, -0.1) is 0 Å². The van der Waals surface area contributed by atoms with Gasteiger partial charge in [-0.1, -0.05) is 0 Å². The number of hydrogen-bond acceptors (Lipinski definition) is 0. The molecule has 1 aromatic carbocycles. The molecular formula is C10H7F4N. The van der Waals surface area contributed by atoms with Crippen LogP contribution in [0.2, 0.25) is 0 Å². The van der Waals surface area contributed by atoms with Crippen molar-refractivity contribution in [3.8, 4) is 0 Å². The standard InChI is InChI=1S/C10H7F4N/c11-7-1-2-9-8(3-7)6(5-15-9)4-10(12,13)14/h1-3,5,15H,4H2. The van der Waals surface area contributed by atoms with Crippen LogP contribution < -0.4 is 0 Å². The van der Waals surface area contributed by atoms with Crippen molar-refractivity contribution in [3.63, 3.8) is 0 Å². The van der Waals surface area contributed by atoms with Crippen molar-refractivity contribution in [1.82, 2.24) is 4.98 Å². The van der Waals surface area contributed by atoms with Crippen LogP contribution in [0.3, 0.4) is 0 Å². The lowest BCUT2D eigenvalue weighted by Gasteiger charge is -2.04. The minimum absolute atomic E-state index is 0.0667. The molecule has 0 radical (unpaired) electrons. The summed E-state index contributed by atoms with van der Waals surface area (Å²) in [5, 5.41) is 0.285. The fourth-order valence-corrected chi connectivity index (χ4v) is 1.51. The topological polar surface area (TPSA) is 15.8 Å². The Labute approximate surface area is 82.7 Å². The maximum Gasteiger partial charge on any atom is 0.393 e. The summed E-state index contributed by atoms with van der Waals surface area (Å²) in [6.07, 6.45) is -4.06. The second kappa shape index (κ2) is 3.25. The fraction of sp³-hybridized carbons (Fsp3) is 0.200. The number of rotatable bonds is 1. The zero-order valence-electron chi connectivity index (χ0n) is 7.53.